The number of nitrogens with zero attached hydrogens (tertiary/aromatic N) is 3. The Morgan fingerprint density at radius 2 is 1.87 bits per heavy atom. The molecular weight excluding hydrogens is 426 g/mol. The smallest absolute Gasteiger partial charge is 0.256 e. The summed E-state index contributed by atoms with van der Waals surface area (Å²) in [6.45, 7) is 3.18. The summed E-state index contributed by atoms with van der Waals surface area (Å²) in [4.78, 5) is 19.7. The van der Waals surface area contributed by atoms with Gasteiger partial charge in [-0.25, -0.2) is 4.98 Å². The fourth-order valence-electron chi connectivity index (χ4n) is 3.54. The summed E-state index contributed by atoms with van der Waals surface area (Å²) in [5.41, 5.74) is 3.15. The molecule has 3 heterocycles. The van der Waals surface area contributed by atoms with Gasteiger partial charge in [-0.1, -0.05) is 54.2 Å². The van der Waals surface area contributed by atoms with Crippen LogP contribution >= 0.6 is 23.1 Å². The van der Waals surface area contributed by atoms with Crippen LogP contribution in [0.25, 0.3) is 10.2 Å². The predicted octanol–water partition coefficient (Wildman–Crippen LogP) is 5.60. The van der Waals surface area contributed by atoms with Crippen LogP contribution in [-0.4, -0.2) is 14.5 Å². The maximum atomic E-state index is 12.9. The van der Waals surface area contributed by atoms with Crippen LogP contribution in [0.4, 0.5) is 0 Å². The molecule has 0 spiro atoms. The molecule has 0 aliphatic carbocycles. The first-order chi connectivity index (χ1) is 15.2. The molecule has 7 heteroatoms. The molecular formula is C24H21N3O2S2. The molecule has 0 radical (unpaired) electrons. The summed E-state index contributed by atoms with van der Waals surface area (Å²) in [5, 5.41) is 3.00. The van der Waals surface area contributed by atoms with Crippen molar-refractivity contribution >= 4 is 33.3 Å². The van der Waals surface area contributed by atoms with Crippen LogP contribution in [0, 0.1) is 0 Å². The number of pyridine rings is 1. The molecule has 1 aliphatic heterocycles. The average molecular weight is 448 g/mol. The summed E-state index contributed by atoms with van der Waals surface area (Å²) < 4.78 is 8.76. The Balaban J connectivity index is 1.31. The molecule has 156 valence electrons. The summed E-state index contributed by atoms with van der Waals surface area (Å²) in [6, 6.07) is 21.7. The van der Waals surface area contributed by atoms with Crippen molar-refractivity contribution < 1.29 is 4.74 Å². The van der Waals surface area contributed by atoms with Gasteiger partial charge in [0.25, 0.3) is 5.56 Å². The van der Waals surface area contributed by atoms with Crippen LogP contribution in [0.1, 0.15) is 23.0 Å². The molecule has 5 nitrogen and oxygen atoms in total. The van der Waals surface area contributed by atoms with Gasteiger partial charge in [-0.3, -0.25) is 9.36 Å². The maximum Gasteiger partial charge on any atom is 0.256 e. The SMILES string of the molecule is CC1=CSC(n2ccc(OCc3nc4ccccc4s3)cc2=O)N1Cc1ccccc1. The first kappa shape index (κ1) is 19.9. The molecule has 4 aromatic rings. The fraction of sp³-hybridized carbons (Fsp3) is 0.167. The number of fused-ring (bicyclic) bond motifs is 1. The highest BCUT2D eigenvalue weighted by molar-refractivity contribution is 8.02. The highest BCUT2D eigenvalue weighted by Crippen LogP contribution is 2.39. The lowest BCUT2D eigenvalue weighted by atomic mass is 10.2. The lowest BCUT2D eigenvalue weighted by molar-refractivity contribution is 0.262. The number of thiazole rings is 1. The van der Waals surface area contributed by atoms with Crippen LogP contribution in [0.2, 0.25) is 0 Å². The minimum Gasteiger partial charge on any atom is -0.486 e. The zero-order chi connectivity index (χ0) is 21.2. The molecule has 2 aromatic carbocycles. The number of benzene rings is 2. The van der Waals surface area contributed by atoms with E-state index in [1.165, 1.54) is 5.56 Å². The first-order valence-electron chi connectivity index (χ1n) is 10.00. The Labute approximate surface area is 188 Å². The number of ether oxygens (including phenoxy) is 1. The van der Waals surface area contributed by atoms with Crippen LogP contribution < -0.4 is 10.3 Å². The molecule has 0 fully saturated rings. The number of para-hydroxylation sites is 1. The Morgan fingerprint density at radius 1 is 1.06 bits per heavy atom. The van der Waals surface area contributed by atoms with Gasteiger partial charge >= 0.3 is 0 Å². The van der Waals surface area contributed by atoms with Gasteiger partial charge < -0.3 is 9.64 Å². The number of aromatic nitrogens is 2. The van der Waals surface area contributed by atoms with E-state index in [4.69, 9.17) is 4.74 Å². The van der Waals surface area contributed by atoms with Crippen molar-refractivity contribution in [1.82, 2.24) is 14.5 Å². The molecule has 0 saturated carbocycles. The standard InChI is InChI=1S/C24H21N3O2S2/c1-17-16-30-24(27(17)14-18-7-3-2-4-8-18)26-12-11-19(13-23(26)28)29-15-22-25-20-9-5-6-10-21(20)31-22/h2-13,16,24H,14-15H2,1H3. The van der Waals surface area contributed by atoms with Gasteiger partial charge in [0.1, 0.15) is 17.4 Å². The molecule has 2 aromatic heterocycles. The number of thioether (sulfide) groups is 1. The van der Waals surface area contributed by atoms with Crippen molar-refractivity contribution in [3.05, 3.63) is 105 Å². The third kappa shape index (κ3) is 4.24. The normalized spacial score (nSPS) is 16.0. The Morgan fingerprint density at radius 3 is 2.68 bits per heavy atom. The number of rotatable bonds is 6. The van der Waals surface area contributed by atoms with E-state index in [-0.39, 0.29) is 11.1 Å². The van der Waals surface area contributed by atoms with Crippen molar-refractivity contribution in [2.45, 2.75) is 25.6 Å². The quantitative estimate of drug-likeness (QED) is 0.385. The average Bonchev–Trinajstić information content (AvgIpc) is 3.36. The van der Waals surface area contributed by atoms with E-state index in [0.717, 1.165) is 27.5 Å². The van der Waals surface area contributed by atoms with Gasteiger partial charge in [0.15, 0.2) is 5.50 Å². The molecule has 5 rings (SSSR count). The van der Waals surface area contributed by atoms with Gasteiger partial charge in [0.2, 0.25) is 0 Å². The second-order valence-electron chi connectivity index (χ2n) is 7.31. The zero-order valence-corrected chi connectivity index (χ0v) is 18.6. The van der Waals surface area contributed by atoms with Gasteiger partial charge in [-0.15, -0.1) is 11.3 Å². The van der Waals surface area contributed by atoms with Gasteiger partial charge in [0, 0.05) is 24.5 Å². The van der Waals surface area contributed by atoms with E-state index in [2.05, 4.69) is 34.3 Å². The first-order valence-corrected chi connectivity index (χ1v) is 11.8. The van der Waals surface area contributed by atoms with Gasteiger partial charge in [0.05, 0.1) is 10.2 Å². The second-order valence-corrected chi connectivity index (χ2v) is 9.35. The Hall–Kier alpha value is -3.03. The molecule has 0 bridgehead atoms. The van der Waals surface area contributed by atoms with E-state index in [1.807, 2.05) is 54.7 Å². The van der Waals surface area contributed by atoms with Crippen LogP contribution in [0.5, 0.6) is 5.75 Å². The van der Waals surface area contributed by atoms with Gasteiger partial charge in [-0.05, 0) is 36.1 Å². The zero-order valence-electron chi connectivity index (χ0n) is 17.0. The van der Waals surface area contributed by atoms with Crippen molar-refractivity contribution in [3.63, 3.8) is 0 Å². The second kappa shape index (κ2) is 8.61. The predicted molar refractivity (Wildman–Crippen MR) is 127 cm³/mol. The van der Waals surface area contributed by atoms with Crippen LogP contribution in [0.3, 0.4) is 0 Å². The number of hydrogen-bond donors (Lipinski definition) is 0. The summed E-state index contributed by atoms with van der Waals surface area (Å²) in [6.07, 6.45) is 1.82. The lowest BCUT2D eigenvalue weighted by Gasteiger charge is -2.29. The largest absolute Gasteiger partial charge is 0.486 e. The highest BCUT2D eigenvalue weighted by atomic mass is 32.2. The molecule has 0 amide bonds. The summed E-state index contributed by atoms with van der Waals surface area (Å²) in [5.74, 6) is 0.558. The summed E-state index contributed by atoms with van der Waals surface area (Å²) in [7, 11) is 0. The van der Waals surface area contributed by atoms with E-state index in [1.54, 1.807) is 33.7 Å². The molecule has 0 N–H and O–H groups in total. The van der Waals surface area contributed by atoms with E-state index >= 15 is 0 Å². The molecule has 0 saturated heterocycles. The number of allylic oxidation sites excluding steroid dienone is 1. The van der Waals surface area contributed by atoms with E-state index in [0.29, 0.717) is 12.4 Å². The maximum absolute atomic E-state index is 12.9. The van der Waals surface area contributed by atoms with Crippen molar-refractivity contribution in [1.29, 1.82) is 0 Å². The monoisotopic (exact) mass is 447 g/mol. The lowest BCUT2D eigenvalue weighted by Crippen LogP contribution is -2.32. The Kier molecular flexibility index (Phi) is 5.53. The molecule has 1 aliphatic rings. The van der Waals surface area contributed by atoms with Crippen molar-refractivity contribution in [2.24, 2.45) is 0 Å². The molecule has 31 heavy (non-hydrogen) atoms. The third-order valence-corrected chi connectivity index (χ3v) is 7.35. The summed E-state index contributed by atoms with van der Waals surface area (Å²) >= 11 is 3.25. The van der Waals surface area contributed by atoms with E-state index in [9.17, 15) is 4.79 Å². The number of hydrogen-bond acceptors (Lipinski definition) is 6. The molecule has 1 unspecified atom stereocenters. The minimum atomic E-state index is -0.106. The minimum absolute atomic E-state index is 0.0829. The van der Waals surface area contributed by atoms with E-state index < -0.39 is 0 Å². The van der Waals surface area contributed by atoms with Gasteiger partial charge in [-0.2, -0.15) is 0 Å². The Bertz CT molecular complexity index is 1260. The molecule has 1 atom stereocenters. The van der Waals surface area contributed by atoms with Crippen LogP contribution in [0.15, 0.2) is 88.8 Å². The third-order valence-electron chi connectivity index (χ3n) is 5.13. The topological polar surface area (TPSA) is 47.4 Å². The fourth-order valence-corrected chi connectivity index (χ4v) is 5.57. The van der Waals surface area contributed by atoms with Crippen LogP contribution in [-0.2, 0) is 13.2 Å². The van der Waals surface area contributed by atoms with Crippen molar-refractivity contribution in [2.75, 3.05) is 0 Å². The van der Waals surface area contributed by atoms with Crippen molar-refractivity contribution in [3.8, 4) is 5.75 Å². The highest BCUT2D eigenvalue weighted by Gasteiger charge is 2.26.